The SMILES string of the molecule is C=CCN(CCC)C(=O)[C@H]1[C@H]2C(=O)N([C@@H](CO)Cc3ccccc3)C(C(=O)N(CC=C)c3c(C)cccc3C)C23CC(C)[C@]1(C)O3. The van der Waals surface area contributed by atoms with Gasteiger partial charge in [-0.15, -0.1) is 13.2 Å². The largest absolute Gasteiger partial charge is 0.394 e. The van der Waals surface area contributed by atoms with Crippen molar-refractivity contribution in [2.75, 3.05) is 31.1 Å². The number of aryl methyl sites for hydroxylation is 2. The number of rotatable bonds is 13. The number of hydrogen-bond acceptors (Lipinski definition) is 5. The molecule has 2 aromatic carbocycles. The van der Waals surface area contributed by atoms with Gasteiger partial charge >= 0.3 is 0 Å². The number of aliphatic hydroxyl groups excluding tert-OH is 1. The molecule has 0 saturated carbocycles. The van der Waals surface area contributed by atoms with Gasteiger partial charge in [0.05, 0.1) is 30.1 Å². The summed E-state index contributed by atoms with van der Waals surface area (Å²) in [5, 5.41) is 10.9. The summed E-state index contributed by atoms with van der Waals surface area (Å²) in [6, 6.07) is 13.8. The molecule has 0 aliphatic carbocycles. The summed E-state index contributed by atoms with van der Waals surface area (Å²) in [7, 11) is 0. The van der Waals surface area contributed by atoms with Crippen LogP contribution in [0.1, 0.15) is 50.3 Å². The van der Waals surface area contributed by atoms with Crippen LogP contribution in [0, 0.1) is 31.6 Å². The van der Waals surface area contributed by atoms with Gasteiger partial charge in [-0.05, 0) is 62.6 Å². The minimum atomic E-state index is -1.24. The zero-order valence-corrected chi connectivity index (χ0v) is 27.9. The maximum atomic E-state index is 15.2. The van der Waals surface area contributed by atoms with Crippen molar-refractivity contribution in [3.05, 3.63) is 90.5 Å². The van der Waals surface area contributed by atoms with Gasteiger partial charge in [0.2, 0.25) is 11.8 Å². The number of amides is 3. The van der Waals surface area contributed by atoms with E-state index >= 15 is 4.79 Å². The number of fused-ring (bicyclic) bond motifs is 1. The summed E-state index contributed by atoms with van der Waals surface area (Å²) in [5.74, 6) is -2.49. The molecule has 3 saturated heterocycles. The Morgan fingerprint density at radius 1 is 1.07 bits per heavy atom. The predicted molar refractivity (Wildman–Crippen MR) is 180 cm³/mol. The molecule has 0 aromatic heterocycles. The average Bonchev–Trinajstić information content (AvgIpc) is 3.55. The Hall–Kier alpha value is -3.75. The third kappa shape index (κ3) is 5.29. The molecule has 5 rings (SSSR count). The van der Waals surface area contributed by atoms with Crippen molar-refractivity contribution in [2.45, 2.75) is 77.2 Å². The molecule has 3 heterocycles. The Labute approximate surface area is 273 Å². The predicted octanol–water partition coefficient (Wildman–Crippen LogP) is 4.86. The minimum Gasteiger partial charge on any atom is -0.394 e. The number of ether oxygens (including phenoxy) is 1. The van der Waals surface area contributed by atoms with E-state index in [1.165, 1.54) is 0 Å². The van der Waals surface area contributed by atoms with E-state index in [4.69, 9.17) is 4.74 Å². The number of likely N-dealkylation sites (tertiary alicyclic amines) is 1. The van der Waals surface area contributed by atoms with E-state index in [0.717, 1.165) is 28.8 Å². The molecule has 2 bridgehead atoms. The summed E-state index contributed by atoms with van der Waals surface area (Å²) < 4.78 is 7.04. The van der Waals surface area contributed by atoms with Crippen molar-refractivity contribution in [1.82, 2.24) is 9.80 Å². The molecule has 3 fully saturated rings. The quantitative estimate of drug-likeness (QED) is 0.321. The van der Waals surface area contributed by atoms with Crippen molar-refractivity contribution in [3.8, 4) is 0 Å². The number of para-hydroxylation sites is 1. The van der Waals surface area contributed by atoms with Gasteiger partial charge in [-0.3, -0.25) is 14.4 Å². The first-order chi connectivity index (χ1) is 22.0. The fourth-order valence-corrected chi connectivity index (χ4v) is 8.58. The highest BCUT2D eigenvalue weighted by Crippen LogP contribution is 2.66. The number of aliphatic hydroxyl groups is 1. The normalized spacial score (nSPS) is 28.6. The van der Waals surface area contributed by atoms with E-state index in [1.54, 1.807) is 26.9 Å². The number of carbonyl (C=O) groups is 3. The third-order valence-corrected chi connectivity index (χ3v) is 10.6. The summed E-state index contributed by atoms with van der Waals surface area (Å²) >= 11 is 0. The van der Waals surface area contributed by atoms with Crippen LogP contribution >= 0.6 is 0 Å². The lowest BCUT2D eigenvalue weighted by Crippen LogP contribution is -2.59. The molecule has 0 radical (unpaired) electrons. The van der Waals surface area contributed by atoms with Crippen molar-refractivity contribution < 1.29 is 24.2 Å². The van der Waals surface area contributed by atoms with Crippen LogP contribution in [0.25, 0.3) is 0 Å². The molecule has 3 aliphatic heterocycles. The van der Waals surface area contributed by atoms with E-state index in [9.17, 15) is 14.7 Å². The van der Waals surface area contributed by atoms with E-state index in [1.807, 2.05) is 76.2 Å². The highest BCUT2D eigenvalue weighted by molar-refractivity contribution is 6.06. The minimum absolute atomic E-state index is 0.0947. The summed E-state index contributed by atoms with van der Waals surface area (Å²) in [4.78, 5) is 49.7. The van der Waals surface area contributed by atoms with Crippen molar-refractivity contribution in [3.63, 3.8) is 0 Å². The number of hydrogen-bond donors (Lipinski definition) is 1. The van der Waals surface area contributed by atoms with Crippen LogP contribution in [0.3, 0.4) is 0 Å². The number of benzene rings is 2. The lowest BCUT2D eigenvalue weighted by molar-refractivity contribution is -0.153. The van der Waals surface area contributed by atoms with Gasteiger partial charge in [0, 0.05) is 25.3 Å². The van der Waals surface area contributed by atoms with Gasteiger partial charge in [0.25, 0.3) is 5.91 Å². The molecule has 3 aliphatic rings. The lowest BCUT2D eigenvalue weighted by atomic mass is 9.62. The van der Waals surface area contributed by atoms with E-state index < -0.39 is 35.1 Å². The first-order valence-electron chi connectivity index (χ1n) is 16.6. The second-order valence-corrected chi connectivity index (χ2v) is 13.5. The molecule has 46 heavy (non-hydrogen) atoms. The van der Waals surface area contributed by atoms with Gasteiger partial charge in [-0.1, -0.05) is 74.5 Å². The molecule has 1 spiro atoms. The molecule has 3 amide bonds. The number of carbonyl (C=O) groups excluding carboxylic acids is 3. The zero-order chi connectivity index (χ0) is 33.4. The highest BCUT2D eigenvalue weighted by atomic mass is 16.5. The monoisotopic (exact) mass is 627 g/mol. The smallest absolute Gasteiger partial charge is 0.253 e. The molecule has 2 aromatic rings. The molecule has 8 nitrogen and oxygen atoms in total. The van der Waals surface area contributed by atoms with Crippen molar-refractivity contribution >= 4 is 23.4 Å². The molecular weight excluding hydrogens is 578 g/mol. The molecule has 246 valence electrons. The Morgan fingerprint density at radius 2 is 1.72 bits per heavy atom. The van der Waals surface area contributed by atoms with Gasteiger partial charge in [-0.25, -0.2) is 0 Å². The Balaban J connectivity index is 1.69. The lowest BCUT2D eigenvalue weighted by Gasteiger charge is -2.40. The number of nitrogens with zero attached hydrogens (tertiary/aromatic N) is 3. The van der Waals surface area contributed by atoms with Crippen LogP contribution < -0.4 is 4.90 Å². The summed E-state index contributed by atoms with van der Waals surface area (Å²) in [6.07, 6.45) is 4.95. The average molecular weight is 628 g/mol. The standard InChI is InChI=1S/C38H49N3O5/c1-8-19-39(20-9-2)34(43)30-31-35(44)41(29(24-42)22-28-17-12-11-13-18-28)33(38(31)23-27(6)37(30,7)46-38)36(45)40(21-10-3)32-25(4)15-14-16-26(32)5/h8,10-18,27,29-31,33,42H,1,3,9,19-24H2,2,4-7H3/t27?,29-,30-,31+,33?,37+,38?/m1/s1. The second-order valence-electron chi connectivity index (χ2n) is 13.5. The van der Waals surface area contributed by atoms with Crippen molar-refractivity contribution in [1.29, 1.82) is 0 Å². The van der Waals surface area contributed by atoms with Crippen LogP contribution in [0.15, 0.2) is 73.8 Å². The first-order valence-corrected chi connectivity index (χ1v) is 16.6. The van der Waals surface area contributed by atoms with Crippen molar-refractivity contribution in [2.24, 2.45) is 17.8 Å². The molecule has 1 N–H and O–H groups in total. The fourth-order valence-electron chi connectivity index (χ4n) is 8.58. The highest BCUT2D eigenvalue weighted by Gasteiger charge is 2.80. The zero-order valence-electron chi connectivity index (χ0n) is 27.9. The molecular formula is C38H49N3O5. The summed E-state index contributed by atoms with van der Waals surface area (Å²) in [5.41, 5.74) is 1.37. The Bertz CT molecular complexity index is 1470. The van der Waals surface area contributed by atoms with Gasteiger partial charge < -0.3 is 24.5 Å². The molecule has 7 atom stereocenters. The Morgan fingerprint density at radius 3 is 2.30 bits per heavy atom. The van der Waals surface area contributed by atoms with Gasteiger partial charge in [0.15, 0.2) is 0 Å². The molecule has 3 unspecified atom stereocenters. The summed E-state index contributed by atoms with van der Waals surface area (Å²) in [6.45, 7) is 18.5. The fraction of sp³-hybridized carbons (Fsp3) is 0.500. The number of anilines is 1. The van der Waals surface area contributed by atoms with E-state index in [0.29, 0.717) is 25.9 Å². The maximum Gasteiger partial charge on any atom is 0.253 e. The third-order valence-electron chi connectivity index (χ3n) is 10.6. The van der Waals surface area contributed by atoms with E-state index in [2.05, 4.69) is 20.1 Å². The molecule has 8 heteroatoms. The van der Waals surface area contributed by atoms with E-state index in [-0.39, 0.29) is 36.8 Å². The van der Waals surface area contributed by atoms with Crippen LogP contribution in [0.4, 0.5) is 5.69 Å². The van der Waals surface area contributed by atoms with Crippen LogP contribution in [-0.4, -0.2) is 82.2 Å². The van der Waals surface area contributed by atoms with Gasteiger partial charge in [-0.2, -0.15) is 0 Å². The van der Waals surface area contributed by atoms with Gasteiger partial charge in [0.1, 0.15) is 11.6 Å². The van der Waals surface area contributed by atoms with Crippen LogP contribution in [-0.2, 0) is 25.5 Å². The van der Waals surface area contributed by atoms with Crippen LogP contribution in [0.5, 0.6) is 0 Å². The Kier molecular flexibility index (Phi) is 9.62. The van der Waals surface area contributed by atoms with Crippen LogP contribution in [0.2, 0.25) is 0 Å². The maximum absolute atomic E-state index is 15.2. The second kappa shape index (κ2) is 13.2. The topological polar surface area (TPSA) is 90.4 Å². The first kappa shape index (κ1) is 33.6.